The third-order valence-electron chi connectivity index (χ3n) is 2.43. The molecule has 0 unspecified atom stereocenters. The van der Waals surface area contributed by atoms with Gasteiger partial charge in [0.2, 0.25) is 0 Å². The Balaban J connectivity index is 2.05. The lowest BCUT2D eigenvalue weighted by molar-refractivity contribution is 0.602. The number of hydrogen-bond donors (Lipinski definition) is 1. The lowest BCUT2D eigenvalue weighted by atomic mass is 10.2. The third-order valence-corrected chi connectivity index (χ3v) is 4.43. The summed E-state index contributed by atoms with van der Waals surface area (Å²) >= 11 is 5.83. The van der Waals surface area contributed by atoms with Gasteiger partial charge in [-0.15, -0.1) is 0 Å². The first-order valence-electron chi connectivity index (χ1n) is 4.78. The molecule has 1 saturated heterocycles. The molecule has 0 aromatic heterocycles. The highest BCUT2D eigenvalue weighted by Gasteiger charge is 2.27. The molecule has 0 spiro atoms. The molecule has 82 valence electrons. The summed E-state index contributed by atoms with van der Waals surface area (Å²) in [5, 5.41) is 3.83. The molecule has 1 fully saturated rings. The molecule has 15 heavy (non-hydrogen) atoms. The Kier molecular flexibility index (Phi) is 2.89. The van der Waals surface area contributed by atoms with Gasteiger partial charge in [0.25, 0.3) is 0 Å². The summed E-state index contributed by atoms with van der Waals surface area (Å²) in [6.45, 7) is 0. The van der Waals surface area contributed by atoms with E-state index in [1.165, 1.54) is 0 Å². The topological polar surface area (TPSA) is 46.2 Å². The first-order valence-corrected chi connectivity index (χ1v) is 6.98. The average molecular weight is 246 g/mol. The van der Waals surface area contributed by atoms with E-state index in [9.17, 15) is 8.42 Å². The second kappa shape index (κ2) is 4.02. The lowest BCUT2D eigenvalue weighted by Gasteiger charge is -2.12. The van der Waals surface area contributed by atoms with E-state index < -0.39 is 9.84 Å². The van der Waals surface area contributed by atoms with Gasteiger partial charge in [-0.25, -0.2) is 8.42 Å². The molecule has 1 heterocycles. The smallest absolute Gasteiger partial charge is 0.152 e. The van der Waals surface area contributed by atoms with E-state index in [1.54, 1.807) is 12.1 Å². The summed E-state index contributed by atoms with van der Waals surface area (Å²) in [4.78, 5) is 0. The van der Waals surface area contributed by atoms with Crippen molar-refractivity contribution in [1.82, 2.24) is 0 Å². The van der Waals surface area contributed by atoms with Crippen LogP contribution >= 0.6 is 11.6 Å². The zero-order valence-corrected chi connectivity index (χ0v) is 9.68. The summed E-state index contributed by atoms with van der Waals surface area (Å²) < 4.78 is 22.5. The molecule has 1 N–H and O–H groups in total. The van der Waals surface area contributed by atoms with Crippen molar-refractivity contribution >= 4 is 27.1 Å². The maximum absolute atomic E-state index is 11.2. The van der Waals surface area contributed by atoms with Crippen molar-refractivity contribution in [2.75, 3.05) is 16.8 Å². The number of rotatable bonds is 2. The highest BCUT2D eigenvalue weighted by molar-refractivity contribution is 7.91. The summed E-state index contributed by atoms with van der Waals surface area (Å²) in [7, 11) is -2.82. The van der Waals surface area contributed by atoms with E-state index in [0.717, 1.165) is 5.69 Å². The van der Waals surface area contributed by atoms with Crippen LogP contribution in [0.15, 0.2) is 24.3 Å². The maximum Gasteiger partial charge on any atom is 0.152 e. The first-order chi connectivity index (χ1) is 7.05. The van der Waals surface area contributed by atoms with E-state index >= 15 is 0 Å². The first kappa shape index (κ1) is 10.8. The van der Waals surface area contributed by atoms with Gasteiger partial charge in [0.05, 0.1) is 11.5 Å². The van der Waals surface area contributed by atoms with Gasteiger partial charge in [-0.3, -0.25) is 0 Å². The lowest BCUT2D eigenvalue weighted by Crippen LogP contribution is -2.20. The van der Waals surface area contributed by atoms with Crippen molar-refractivity contribution in [1.29, 1.82) is 0 Å². The largest absolute Gasteiger partial charge is 0.381 e. The van der Waals surface area contributed by atoms with Gasteiger partial charge in [-0.2, -0.15) is 0 Å². The highest BCUT2D eigenvalue weighted by Crippen LogP contribution is 2.20. The Hall–Kier alpha value is -0.740. The van der Waals surface area contributed by atoms with E-state index in [1.807, 2.05) is 12.1 Å². The second-order valence-electron chi connectivity index (χ2n) is 3.75. The minimum atomic E-state index is -2.82. The zero-order chi connectivity index (χ0) is 10.9. The van der Waals surface area contributed by atoms with Crippen molar-refractivity contribution in [3.05, 3.63) is 29.3 Å². The van der Waals surface area contributed by atoms with Crippen molar-refractivity contribution in [3.8, 4) is 0 Å². The van der Waals surface area contributed by atoms with Gasteiger partial charge in [0, 0.05) is 16.8 Å². The Labute approximate surface area is 94.4 Å². The number of sulfone groups is 1. The molecule has 2 rings (SSSR count). The Morgan fingerprint density at radius 1 is 1.40 bits per heavy atom. The zero-order valence-electron chi connectivity index (χ0n) is 8.11. The number of nitrogens with one attached hydrogen (secondary N) is 1. The molecule has 3 nitrogen and oxygen atoms in total. The van der Waals surface area contributed by atoms with E-state index in [2.05, 4.69) is 5.32 Å². The van der Waals surface area contributed by atoms with Gasteiger partial charge in [-0.05, 0) is 24.6 Å². The van der Waals surface area contributed by atoms with Crippen molar-refractivity contribution < 1.29 is 8.42 Å². The van der Waals surface area contributed by atoms with Crippen LogP contribution in [-0.4, -0.2) is 26.0 Å². The van der Waals surface area contributed by atoms with Crippen molar-refractivity contribution in [3.63, 3.8) is 0 Å². The quantitative estimate of drug-likeness (QED) is 0.866. The van der Waals surface area contributed by atoms with Gasteiger partial charge < -0.3 is 5.32 Å². The van der Waals surface area contributed by atoms with E-state index in [-0.39, 0.29) is 17.5 Å². The van der Waals surface area contributed by atoms with Crippen LogP contribution in [0, 0.1) is 0 Å². The monoisotopic (exact) mass is 245 g/mol. The molecule has 1 atom stereocenters. The Morgan fingerprint density at radius 3 is 2.80 bits per heavy atom. The molecule has 0 saturated carbocycles. The van der Waals surface area contributed by atoms with Crippen molar-refractivity contribution in [2.45, 2.75) is 12.5 Å². The van der Waals surface area contributed by atoms with Crippen LogP contribution in [0.5, 0.6) is 0 Å². The molecule has 0 radical (unpaired) electrons. The number of hydrogen-bond acceptors (Lipinski definition) is 3. The average Bonchev–Trinajstić information content (AvgIpc) is 2.45. The minimum absolute atomic E-state index is 0.0217. The molecule has 1 aliphatic rings. The fraction of sp³-hybridized carbons (Fsp3) is 0.400. The second-order valence-corrected chi connectivity index (χ2v) is 6.42. The van der Waals surface area contributed by atoms with Crippen LogP contribution in [0.1, 0.15) is 6.42 Å². The number of anilines is 1. The van der Waals surface area contributed by atoms with Gasteiger partial charge in [0.15, 0.2) is 9.84 Å². The Bertz CT molecular complexity index is 458. The van der Waals surface area contributed by atoms with Crippen LogP contribution in [0.3, 0.4) is 0 Å². The standard InChI is InChI=1S/C10H12ClNO2S/c11-8-2-1-3-9(6-8)12-10-4-5-15(13,14)7-10/h1-3,6,10,12H,4-5,7H2/t10-/m0/s1. The van der Waals surface area contributed by atoms with E-state index in [4.69, 9.17) is 11.6 Å². The van der Waals surface area contributed by atoms with Crippen molar-refractivity contribution in [2.24, 2.45) is 0 Å². The SMILES string of the molecule is O=S1(=O)CC[C@H](Nc2cccc(Cl)c2)C1. The summed E-state index contributed by atoms with van der Waals surface area (Å²) in [6, 6.07) is 7.34. The molecule has 0 amide bonds. The maximum atomic E-state index is 11.2. The number of halogens is 1. The molecular weight excluding hydrogens is 234 g/mol. The van der Waals surface area contributed by atoms with E-state index in [0.29, 0.717) is 11.4 Å². The molecule has 0 aliphatic carbocycles. The molecular formula is C10H12ClNO2S. The predicted octanol–water partition coefficient (Wildman–Crippen LogP) is 1.94. The predicted molar refractivity (Wildman–Crippen MR) is 62.1 cm³/mol. The third kappa shape index (κ3) is 2.86. The minimum Gasteiger partial charge on any atom is -0.381 e. The molecule has 1 aliphatic heterocycles. The summed E-state index contributed by atoms with van der Waals surface area (Å²) in [6.07, 6.45) is 0.675. The van der Waals surface area contributed by atoms with Crippen LogP contribution in [-0.2, 0) is 9.84 Å². The van der Waals surface area contributed by atoms with Crippen LogP contribution < -0.4 is 5.32 Å². The molecule has 1 aromatic rings. The highest BCUT2D eigenvalue weighted by atomic mass is 35.5. The van der Waals surface area contributed by atoms with Crippen LogP contribution in [0.2, 0.25) is 5.02 Å². The molecule has 5 heteroatoms. The van der Waals surface area contributed by atoms with Gasteiger partial charge >= 0.3 is 0 Å². The van der Waals surface area contributed by atoms with Gasteiger partial charge in [-0.1, -0.05) is 17.7 Å². The fourth-order valence-corrected chi connectivity index (χ4v) is 3.59. The van der Waals surface area contributed by atoms with Gasteiger partial charge in [0.1, 0.15) is 0 Å². The fourth-order valence-electron chi connectivity index (χ4n) is 1.72. The Morgan fingerprint density at radius 2 is 2.20 bits per heavy atom. The van der Waals surface area contributed by atoms with Crippen LogP contribution in [0.25, 0.3) is 0 Å². The normalized spacial score (nSPS) is 23.9. The number of benzene rings is 1. The summed E-state index contributed by atoms with van der Waals surface area (Å²) in [5.41, 5.74) is 0.879. The van der Waals surface area contributed by atoms with Crippen LogP contribution in [0.4, 0.5) is 5.69 Å². The molecule has 0 bridgehead atoms. The molecule has 1 aromatic carbocycles. The summed E-state index contributed by atoms with van der Waals surface area (Å²) in [5.74, 6) is 0.505.